The quantitative estimate of drug-likeness (QED) is 0.854. The first kappa shape index (κ1) is 18.2. The molecule has 2 aromatic carbocycles. The lowest BCUT2D eigenvalue weighted by Crippen LogP contribution is -2.35. The predicted molar refractivity (Wildman–Crippen MR) is 101 cm³/mol. The van der Waals surface area contributed by atoms with Gasteiger partial charge in [0.05, 0.1) is 29.7 Å². The summed E-state index contributed by atoms with van der Waals surface area (Å²) in [7, 11) is 0. The lowest BCUT2D eigenvalue weighted by Gasteiger charge is -2.26. The van der Waals surface area contributed by atoms with E-state index in [-0.39, 0.29) is 12.3 Å². The van der Waals surface area contributed by atoms with Crippen LogP contribution in [0.25, 0.3) is 0 Å². The van der Waals surface area contributed by atoms with Crippen LogP contribution in [0, 0.1) is 0 Å². The maximum absolute atomic E-state index is 12.3. The minimum atomic E-state index is -0.0816. The highest BCUT2D eigenvalue weighted by Crippen LogP contribution is 2.23. The van der Waals surface area contributed by atoms with Gasteiger partial charge in [0, 0.05) is 25.3 Å². The van der Waals surface area contributed by atoms with Crippen LogP contribution in [0.15, 0.2) is 42.5 Å². The van der Waals surface area contributed by atoms with Crippen molar-refractivity contribution in [1.29, 1.82) is 0 Å². The molecule has 6 heteroatoms. The van der Waals surface area contributed by atoms with Gasteiger partial charge in [0.25, 0.3) is 0 Å². The first-order chi connectivity index (χ1) is 12.1. The molecule has 1 saturated heterocycles. The summed E-state index contributed by atoms with van der Waals surface area (Å²) in [5.41, 5.74) is 2.81. The highest BCUT2D eigenvalue weighted by Gasteiger charge is 2.11. The highest BCUT2D eigenvalue weighted by atomic mass is 35.5. The molecule has 1 aliphatic rings. The van der Waals surface area contributed by atoms with Crippen LogP contribution >= 0.6 is 23.2 Å². The average Bonchev–Trinajstić information content (AvgIpc) is 2.59. The van der Waals surface area contributed by atoms with Crippen molar-refractivity contribution < 1.29 is 9.53 Å². The zero-order chi connectivity index (χ0) is 17.6. The normalized spacial score (nSPS) is 15.1. The third-order valence-corrected chi connectivity index (χ3v) is 4.81. The Hall–Kier alpha value is -1.59. The second-order valence-corrected chi connectivity index (χ2v) is 6.88. The molecule has 1 aliphatic heterocycles. The Morgan fingerprint density at radius 1 is 1.04 bits per heavy atom. The number of nitrogens with one attached hydrogen (secondary N) is 1. The standard InChI is InChI=1S/C19H20Cl2N2O2/c20-17-5-4-14(11-18(17)21)12-19(24)22-16-3-1-2-15(10-16)13-23-6-8-25-9-7-23/h1-5,10-11H,6-9,12-13H2,(H,22,24). The van der Waals surface area contributed by atoms with E-state index >= 15 is 0 Å². The summed E-state index contributed by atoms with van der Waals surface area (Å²) >= 11 is 11.9. The van der Waals surface area contributed by atoms with Gasteiger partial charge >= 0.3 is 0 Å². The summed E-state index contributed by atoms with van der Waals surface area (Å²) in [5.74, 6) is -0.0816. The zero-order valence-electron chi connectivity index (χ0n) is 13.8. The van der Waals surface area contributed by atoms with Crippen LogP contribution in [0.1, 0.15) is 11.1 Å². The first-order valence-electron chi connectivity index (χ1n) is 8.23. The van der Waals surface area contributed by atoms with E-state index in [4.69, 9.17) is 27.9 Å². The van der Waals surface area contributed by atoms with E-state index in [1.165, 1.54) is 5.56 Å². The van der Waals surface area contributed by atoms with Crippen LogP contribution in [-0.2, 0) is 22.5 Å². The van der Waals surface area contributed by atoms with E-state index in [0.717, 1.165) is 44.1 Å². The van der Waals surface area contributed by atoms with Crippen molar-refractivity contribution in [2.75, 3.05) is 31.6 Å². The maximum atomic E-state index is 12.3. The first-order valence-corrected chi connectivity index (χ1v) is 8.98. The second kappa shape index (κ2) is 8.68. The monoisotopic (exact) mass is 378 g/mol. The lowest BCUT2D eigenvalue weighted by atomic mass is 10.1. The third-order valence-electron chi connectivity index (χ3n) is 4.07. The fraction of sp³-hybridized carbons (Fsp3) is 0.316. The van der Waals surface area contributed by atoms with Gasteiger partial charge in [-0.05, 0) is 35.4 Å². The Morgan fingerprint density at radius 3 is 2.60 bits per heavy atom. The Bertz CT molecular complexity index is 746. The molecule has 0 saturated carbocycles. The molecule has 0 bridgehead atoms. The summed E-state index contributed by atoms with van der Waals surface area (Å²) < 4.78 is 5.37. The number of amides is 1. The smallest absolute Gasteiger partial charge is 0.228 e. The number of benzene rings is 2. The van der Waals surface area contributed by atoms with Crippen molar-refractivity contribution in [3.63, 3.8) is 0 Å². The molecular weight excluding hydrogens is 359 g/mol. The van der Waals surface area contributed by atoms with Gasteiger partial charge in [0.15, 0.2) is 0 Å². The molecule has 1 heterocycles. The van der Waals surface area contributed by atoms with Crippen molar-refractivity contribution in [1.82, 2.24) is 4.90 Å². The Morgan fingerprint density at radius 2 is 1.84 bits per heavy atom. The zero-order valence-corrected chi connectivity index (χ0v) is 15.3. The molecule has 4 nitrogen and oxygen atoms in total. The van der Waals surface area contributed by atoms with Crippen LogP contribution in [0.3, 0.4) is 0 Å². The molecule has 0 unspecified atom stereocenters. The number of hydrogen-bond donors (Lipinski definition) is 1. The molecule has 1 N–H and O–H groups in total. The van der Waals surface area contributed by atoms with Gasteiger partial charge in [0.1, 0.15) is 0 Å². The number of morpholine rings is 1. The van der Waals surface area contributed by atoms with Crippen LogP contribution < -0.4 is 5.32 Å². The van der Waals surface area contributed by atoms with Crippen molar-refractivity contribution in [3.05, 3.63) is 63.6 Å². The Kier molecular flexibility index (Phi) is 6.32. The third kappa shape index (κ3) is 5.44. The molecule has 2 aromatic rings. The number of carbonyl (C=O) groups is 1. The predicted octanol–water partition coefficient (Wildman–Crippen LogP) is 4.01. The Balaban J connectivity index is 1.59. The van der Waals surface area contributed by atoms with Crippen LogP contribution in [0.2, 0.25) is 10.0 Å². The van der Waals surface area contributed by atoms with Gasteiger partial charge in [-0.3, -0.25) is 9.69 Å². The molecule has 1 amide bonds. The molecule has 132 valence electrons. The molecule has 0 aromatic heterocycles. The number of nitrogens with zero attached hydrogens (tertiary/aromatic N) is 1. The van der Waals surface area contributed by atoms with Crippen molar-refractivity contribution >= 4 is 34.8 Å². The fourth-order valence-electron chi connectivity index (χ4n) is 2.81. The number of rotatable bonds is 5. The van der Waals surface area contributed by atoms with Gasteiger partial charge in [-0.1, -0.05) is 41.4 Å². The maximum Gasteiger partial charge on any atom is 0.228 e. The van der Waals surface area contributed by atoms with E-state index < -0.39 is 0 Å². The van der Waals surface area contributed by atoms with Gasteiger partial charge in [-0.2, -0.15) is 0 Å². The summed E-state index contributed by atoms with van der Waals surface area (Å²) in [6.45, 7) is 4.29. The largest absolute Gasteiger partial charge is 0.379 e. The summed E-state index contributed by atoms with van der Waals surface area (Å²) in [6.07, 6.45) is 0.255. The van der Waals surface area contributed by atoms with Gasteiger partial charge in [-0.25, -0.2) is 0 Å². The van der Waals surface area contributed by atoms with Gasteiger partial charge < -0.3 is 10.1 Å². The van der Waals surface area contributed by atoms with Gasteiger partial charge in [-0.15, -0.1) is 0 Å². The average molecular weight is 379 g/mol. The summed E-state index contributed by atoms with van der Waals surface area (Å²) in [6, 6.07) is 13.2. The van der Waals surface area contributed by atoms with Crippen molar-refractivity contribution in [2.45, 2.75) is 13.0 Å². The lowest BCUT2D eigenvalue weighted by molar-refractivity contribution is -0.115. The summed E-state index contributed by atoms with van der Waals surface area (Å²) in [5, 5.41) is 3.89. The number of halogens is 2. The molecule has 25 heavy (non-hydrogen) atoms. The van der Waals surface area contributed by atoms with E-state index in [9.17, 15) is 4.79 Å². The highest BCUT2D eigenvalue weighted by molar-refractivity contribution is 6.42. The van der Waals surface area contributed by atoms with Crippen molar-refractivity contribution in [3.8, 4) is 0 Å². The number of anilines is 1. The van der Waals surface area contributed by atoms with Crippen LogP contribution in [0.4, 0.5) is 5.69 Å². The van der Waals surface area contributed by atoms with Gasteiger partial charge in [0.2, 0.25) is 5.91 Å². The summed E-state index contributed by atoms with van der Waals surface area (Å²) in [4.78, 5) is 14.6. The fourth-order valence-corrected chi connectivity index (χ4v) is 3.13. The number of carbonyl (C=O) groups excluding carboxylic acids is 1. The van der Waals surface area contributed by atoms with Crippen LogP contribution in [0.5, 0.6) is 0 Å². The molecule has 1 fully saturated rings. The SMILES string of the molecule is O=C(Cc1ccc(Cl)c(Cl)c1)Nc1cccc(CN2CCOCC2)c1. The van der Waals surface area contributed by atoms with E-state index in [1.807, 2.05) is 24.3 Å². The minimum Gasteiger partial charge on any atom is -0.379 e. The van der Waals surface area contributed by atoms with Crippen LogP contribution in [-0.4, -0.2) is 37.1 Å². The number of ether oxygens (including phenoxy) is 1. The molecule has 0 atom stereocenters. The molecule has 3 rings (SSSR count). The van der Waals surface area contributed by atoms with E-state index in [1.54, 1.807) is 12.1 Å². The Labute approximate surface area is 157 Å². The van der Waals surface area contributed by atoms with E-state index in [2.05, 4.69) is 16.3 Å². The molecule has 0 aliphatic carbocycles. The molecular formula is C19H20Cl2N2O2. The minimum absolute atomic E-state index is 0.0816. The van der Waals surface area contributed by atoms with Crippen molar-refractivity contribution in [2.24, 2.45) is 0 Å². The molecule has 0 radical (unpaired) electrons. The second-order valence-electron chi connectivity index (χ2n) is 6.06. The number of hydrogen-bond acceptors (Lipinski definition) is 3. The topological polar surface area (TPSA) is 41.6 Å². The van der Waals surface area contributed by atoms with E-state index in [0.29, 0.717) is 10.0 Å². The molecule has 0 spiro atoms.